The van der Waals surface area contributed by atoms with Gasteiger partial charge in [0.25, 0.3) is 11.8 Å². The lowest BCUT2D eigenvalue weighted by Crippen LogP contribution is -2.40. The molecule has 0 aliphatic carbocycles. The molecular formula is C22H20F2N2O5. The van der Waals surface area contributed by atoms with E-state index in [4.69, 9.17) is 14.2 Å². The first-order valence-electron chi connectivity index (χ1n) is 9.59. The summed E-state index contributed by atoms with van der Waals surface area (Å²) in [6.07, 6.45) is 0. The number of rotatable bonds is 5. The van der Waals surface area contributed by atoms with Crippen molar-refractivity contribution in [3.05, 3.63) is 59.3 Å². The molecule has 0 aromatic heterocycles. The number of hydrogen-bond donors (Lipinski definition) is 0. The zero-order chi connectivity index (χ0) is 22.1. The first kappa shape index (κ1) is 20.8. The van der Waals surface area contributed by atoms with Crippen LogP contribution in [-0.2, 0) is 14.3 Å². The second-order valence-electron chi connectivity index (χ2n) is 6.93. The quantitative estimate of drug-likeness (QED) is 0.680. The third-order valence-electron chi connectivity index (χ3n) is 5.21. The van der Waals surface area contributed by atoms with Gasteiger partial charge in [-0.2, -0.15) is 0 Å². The van der Waals surface area contributed by atoms with Crippen molar-refractivity contribution < 1.29 is 32.6 Å². The van der Waals surface area contributed by atoms with Crippen LogP contribution in [0.1, 0.15) is 5.56 Å². The van der Waals surface area contributed by atoms with Gasteiger partial charge in [-0.05, 0) is 29.8 Å². The van der Waals surface area contributed by atoms with Crippen LogP contribution in [0, 0.1) is 11.6 Å². The number of ether oxygens (including phenoxy) is 3. The number of anilines is 1. The lowest BCUT2D eigenvalue weighted by Gasteiger charge is -2.29. The van der Waals surface area contributed by atoms with Gasteiger partial charge in [0.15, 0.2) is 11.5 Å². The second-order valence-corrected chi connectivity index (χ2v) is 6.93. The fourth-order valence-corrected chi connectivity index (χ4v) is 3.73. The number of hydrogen-bond acceptors (Lipinski definition) is 6. The number of methoxy groups -OCH3 is 2. The minimum Gasteiger partial charge on any atom is -0.493 e. The van der Waals surface area contributed by atoms with Crippen molar-refractivity contribution in [3.63, 3.8) is 0 Å². The molecular weight excluding hydrogens is 410 g/mol. The van der Waals surface area contributed by atoms with Crippen LogP contribution in [0.3, 0.4) is 0 Å². The summed E-state index contributed by atoms with van der Waals surface area (Å²) in [7, 11) is 2.94. The third kappa shape index (κ3) is 3.61. The van der Waals surface area contributed by atoms with E-state index in [0.717, 1.165) is 17.0 Å². The summed E-state index contributed by atoms with van der Waals surface area (Å²) in [6, 6.07) is 7.56. The average molecular weight is 430 g/mol. The van der Waals surface area contributed by atoms with E-state index in [1.165, 1.54) is 14.2 Å². The standard InChI is InChI=1S/C22H20F2N2O5/c1-29-17-6-3-13(11-18(17)30-2)19-20(25-7-9-31-10-8-25)22(28)26(21(19)27)16-5-4-14(23)12-15(16)24/h3-6,11-12H,7-10H2,1-2H3. The summed E-state index contributed by atoms with van der Waals surface area (Å²) in [5.41, 5.74) is 0.362. The first-order valence-corrected chi connectivity index (χ1v) is 9.59. The van der Waals surface area contributed by atoms with Crippen LogP contribution in [0.15, 0.2) is 42.1 Å². The molecule has 2 aromatic rings. The molecule has 31 heavy (non-hydrogen) atoms. The number of morpholine rings is 1. The van der Waals surface area contributed by atoms with Crippen molar-refractivity contribution in [1.29, 1.82) is 0 Å². The molecule has 2 aliphatic rings. The lowest BCUT2D eigenvalue weighted by molar-refractivity contribution is -0.121. The number of halogens is 2. The Balaban J connectivity index is 1.86. The van der Waals surface area contributed by atoms with Crippen LogP contribution in [0.2, 0.25) is 0 Å². The van der Waals surface area contributed by atoms with Crippen molar-refractivity contribution in [2.24, 2.45) is 0 Å². The largest absolute Gasteiger partial charge is 0.493 e. The number of carbonyl (C=O) groups excluding carboxylic acids is 2. The highest BCUT2D eigenvalue weighted by atomic mass is 19.1. The summed E-state index contributed by atoms with van der Waals surface area (Å²) >= 11 is 0. The molecule has 0 unspecified atom stereocenters. The molecule has 1 fully saturated rings. The maximum atomic E-state index is 14.5. The average Bonchev–Trinajstić information content (AvgIpc) is 3.04. The van der Waals surface area contributed by atoms with E-state index in [9.17, 15) is 18.4 Å². The smallest absolute Gasteiger partial charge is 0.282 e. The van der Waals surface area contributed by atoms with E-state index in [2.05, 4.69) is 0 Å². The second kappa shape index (κ2) is 8.35. The Morgan fingerprint density at radius 2 is 1.61 bits per heavy atom. The summed E-state index contributed by atoms with van der Waals surface area (Å²) in [4.78, 5) is 29.3. The van der Waals surface area contributed by atoms with Crippen molar-refractivity contribution in [2.45, 2.75) is 0 Å². The molecule has 4 rings (SSSR count). The molecule has 0 N–H and O–H groups in total. The molecule has 0 bridgehead atoms. The van der Waals surface area contributed by atoms with Gasteiger partial charge in [-0.25, -0.2) is 13.7 Å². The molecule has 9 heteroatoms. The SMILES string of the molecule is COc1ccc(C2=C(N3CCOCC3)C(=O)N(c3ccc(F)cc3F)C2=O)cc1OC. The summed E-state index contributed by atoms with van der Waals surface area (Å²) < 4.78 is 43.8. The number of benzene rings is 2. The molecule has 1 saturated heterocycles. The normalized spacial score (nSPS) is 16.9. The number of imide groups is 1. The van der Waals surface area contributed by atoms with Gasteiger partial charge in [-0.3, -0.25) is 9.59 Å². The summed E-state index contributed by atoms with van der Waals surface area (Å²) in [5, 5.41) is 0. The molecule has 0 saturated carbocycles. The van der Waals surface area contributed by atoms with E-state index in [0.29, 0.717) is 49.4 Å². The van der Waals surface area contributed by atoms with E-state index < -0.39 is 23.4 Å². The molecule has 0 radical (unpaired) electrons. The van der Waals surface area contributed by atoms with Crippen LogP contribution >= 0.6 is 0 Å². The Morgan fingerprint density at radius 3 is 2.26 bits per heavy atom. The molecule has 0 spiro atoms. The van der Waals surface area contributed by atoms with Crippen LogP contribution < -0.4 is 14.4 Å². The minimum atomic E-state index is -1.00. The monoisotopic (exact) mass is 430 g/mol. The number of amides is 2. The lowest BCUT2D eigenvalue weighted by atomic mass is 10.0. The maximum Gasteiger partial charge on any atom is 0.282 e. The Bertz CT molecular complexity index is 1080. The van der Waals surface area contributed by atoms with Gasteiger partial charge < -0.3 is 19.1 Å². The Kier molecular flexibility index (Phi) is 5.60. The Labute approximate surface area is 177 Å². The van der Waals surface area contributed by atoms with Crippen molar-refractivity contribution in [2.75, 3.05) is 45.4 Å². The van der Waals surface area contributed by atoms with E-state index in [1.807, 2.05) is 0 Å². The Hall–Kier alpha value is -3.46. The van der Waals surface area contributed by atoms with Crippen LogP contribution in [0.5, 0.6) is 11.5 Å². The van der Waals surface area contributed by atoms with Gasteiger partial charge in [0.05, 0.1) is 38.7 Å². The fraction of sp³-hybridized carbons (Fsp3) is 0.273. The highest BCUT2D eigenvalue weighted by molar-refractivity contribution is 6.45. The minimum absolute atomic E-state index is 0.108. The predicted octanol–water partition coefficient (Wildman–Crippen LogP) is 2.60. The molecule has 2 heterocycles. The van der Waals surface area contributed by atoms with Gasteiger partial charge in [0, 0.05) is 19.2 Å². The van der Waals surface area contributed by atoms with Crippen LogP contribution in [0.4, 0.5) is 14.5 Å². The van der Waals surface area contributed by atoms with E-state index in [1.54, 1.807) is 23.1 Å². The molecule has 2 aromatic carbocycles. The van der Waals surface area contributed by atoms with Crippen molar-refractivity contribution in [3.8, 4) is 11.5 Å². The topological polar surface area (TPSA) is 68.3 Å². The number of nitrogens with zero attached hydrogens (tertiary/aromatic N) is 2. The Morgan fingerprint density at radius 1 is 0.903 bits per heavy atom. The van der Waals surface area contributed by atoms with Gasteiger partial charge in [-0.1, -0.05) is 6.07 Å². The summed E-state index contributed by atoms with van der Waals surface area (Å²) in [5.74, 6) is -2.36. The number of carbonyl (C=O) groups is 2. The van der Waals surface area contributed by atoms with E-state index >= 15 is 0 Å². The van der Waals surface area contributed by atoms with Crippen LogP contribution in [-0.4, -0.2) is 57.2 Å². The zero-order valence-corrected chi connectivity index (χ0v) is 17.0. The predicted molar refractivity (Wildman–Crippen MR) is 108 cm³/mol. The highest BCUT2D eigenvalue weighted by Crippen LogP contribution is 2.39. The van der Waals surface area contributed by atoms with Gasteiger partial charge in [0.2, 0.25) is 0 Å². The summed E-state index contributed by atoms with van der Waals surface area (Å²) in [6.45, 7) is 1.56. The third-order valence-corrected chi connectivity index (χ3v) is 5.21. The van der Waals surface area contributed by atoms with E-state index in [-0.39, 0.29) is 17.0 Å². The first-order chi connectivity index (χ1) is 15.0. The fourth-order valence-electron chi connectivity index (χ4n) is 3.73. The molecule has 2 amide bonds. The van der Waals surface area contributed by atoms with Gasteiger partial charge >= 0.3 is 0 Å². The molecule has 0 atom stereocenters. The molecule has 162 valence electrons. The van der Waals surface area contributed by atoms with Gasteiger partial charge in [-0.15, -0.1) is 0 Å². The maximum absolute atomic E-state index is 14.5. The zero-order valence-electron chi connectivity index (χ0n) is 17.0. The van der Waals surface area contributed by atoms with Crippen molar-refractivity contribution >= 4 is 23.1 Å². The molecule has 7 nitrogen and oxygen atoms in total. The van der Waals surface area contributed by atoms with Crippen molar-refractivity contribution in [1.82, 2.24) is 4.90 Å². The van der Waals surface area contributed by atoms with Crippen LogP contribution in [0.25, 0.3) is 5.57 Å². The van der Waals surface area contributed by atoms with Gasteiger partial charge in [0.1, 0.15) is 17.3 Å². The highest BCUT2D eigenvalue weighted by Gasteiger charge is 2.44. The molecule has 2 aliphatic heterocycles.